The standard InChI is InChI=1S/C17H16O4S/c1-9-14(12-6-7-13(17(19)20)16(12)22-9)15(18)10-4-3-5-11(8-10)21-2/h3-5,8,13H,6-7H2,1-2H3,(H,19,20). The monoisotopic (exact) mass is 316 g/mol. The molecule has 0 bridgehead atoms. The molecule has 1 aliphatic carbocycles. The number of carbonyl (C=O) groups is 2. The fourth-order valence-electron chi connectivity index (χ4n) is 3.00. The normalized spacial score (nSPS) is 16.4. The number of methoxy groups -OCH3 is 1. The van der Waals surface area contributed by atoms with Gasteiger partial charge in [0.05, 0.1) is 13.0 Å². The van der Waals surface area contributed by atoms with Crippen molar-refractivity contribution in [3.63, 3.8) is 0 Å². The lowest BCUT2D eigenvalue weighted by Gasteiger charge is -2.05. The van der Waals surface area contributed by atoms with Gasteiger partial charge in [0, 0.05) is 20.9 Å². The third kappa shape index (κ3) is 2.31. The number of carboxylic acid groups (broad SMARTS) is 1. The lowest BCUT2D eigenvalue weighted by molar-refractivity contribution is -0.138. The Labute approximate surface area is 132 Å². The summed E-state index contributed by atoms with van der Waals surface area (Å²) in [7, 11) is 1.56. The number of benzene rings is 1. The smallest absolute Gasteiger partial charge is 0.311 e. The van der Waals surface area contributed by atoms with Gasteiger partial charge in [0.1, 0.15) is 5.75 Å². The number of ketones is 1. The van der Waals surface area contributed by atoms with Gasteiger partial charge in [-0.05, 0) is 37.5 Å². The molecule has 1 heterocycles. The molecule has 1 aliphatic rings. The van der Waals surface area contributed by atoms with Crippen LogP contribution in [0.25, 0.3) is 0 Å². The largest absolute Gasteiger partial charge is 0.497 e. The number of fused-ring (bicyclic) bond motifs is 1. The van der Waals surface area contributed by atoms with Gasteiger partial charge in [-0.3, -0.25) is 9.59 Å². The highest BCUT2D eigenvalue weighted by Crippen LogP contribution is 2.43. The molecule has 0 saturated carbocycles. The number of aryl methyl sites for hydroxylation is 1. The highest BCUT2D eigenvalue weighted by Gasteiger charge is 2.35. The zero-order valence-corrected chi connectivity index (χ0v) is 13.2. The van der Waals surface area contributed by atoms with Gasteiger partial charge >= 0.3 is 5.97 Å². The molecular formula is C17H16O4S. The Morgan fingerprint density at radius 2 is 2.14 bits per heavy atom. The molecule has 0 aliphatic heterocycles. The van der Waals surface area contributed by atoms with Crippen LogP contribution in [-0.2, 0) is 11.2 Å². The van der Waals surface area contributed by atoms with Crippen molar-refractivity contribution in [1.29, 1.82) is 0 Å². The highest BCUT2D eigenvalue weighted by molar-refractivity contribution is 7.12. The third-order valence-corrected chi connectivity index (χ3v) is 5.33. The van der Waals surface area contributed by atoms with Crippen molar-refractivity contribution in [2.45, 2.75) is 25.7 Å². The van der Waals surface area contributed by atoms with Crippen molar-refractivity contribution < 1.29 is 19.4 Å². The average molecular weight is 316 g/mol. The maximum atomic E-state index is 12.8. The second-order valence-corrected chi connectivity index (χ2v) is 6.62. The summed E-state index contributed by atoms with van der Waals surface area (Å²) in [6.07, 6.45) is 1.23. The Morgan fingerprint density at radius 1 is 1.36 bits per heavy atom. The van der Waals surface area contributed by atoms with Crippen LogP contribution in [0.15, 0.2) is 24.3 Å². The van der Waals surface area contributed by atoms with Gasteiger partial charge in [0.2, 0.25) is 0 Å². The first-order valence-corrected chi connectivity index (χ1v) is 7.88. The van der Waals surface area contributed by atoms with Gasteiger partial charge in [-0.1, -0.05) is 12.1 Å². The number of carbonyl (C=O) groups excluding carboxylic acids is 1. The lowest BCUT2D eigenvalue weighted by Crippen LogP contribution is -2.06. The van der Waals surface area contributed by atoms with E-state index in [1.54, 1.807) is 31.4 Å². The van der Waals surface area contributed by atoms with E-state index < -0.39 is 11.9 Å². The van der Waals surface area contributed by atoms with Crippen LogP contribution in [0.5, 0.6) is 5.75 Å². The fraction of sp³-hybridized carbons (Fsp3) is 0.294. The number of rotatable bonds is 4. The zero-order chi connectivity index (χ0) is 15.9. The van der Waals surface area contributed by atoms with Crippen LogP contribution >= 0.6 is 11.3 Å². The van der Waals surface area contributed by atoms with E-state index in [0.29, 0.717) is 29.7 Å². The lowest BCUT2D eigenvalue weighted by atomic mass is 9.99. The number of thiophene rings is 1. The summed E-state index contributed by atoms with van der Waals surface area (Å²) in [5.74, 6) is -0.690. The van der Waals surface area contributed by atoms with Crippen LogP contribution in [0.2, 0.25) is 0 Å². The molecule has 1 aromatic heterocycles. The molecule has 5 heteroatoms. The van der Waals surface area contributed by atoms with Gasteiger partial charge in [-0.2, -0.15) is 0 Å². The summed E-state index contributed by atoms with van der Waals surface area (Å²) in [4.78, 5) is 25.9. The number of aliphatic carboxylic acids is 1. The van der Waals surface area contributed by atoms with Crippen molar-refractivity contribution in [3.05, 3.63) is 50.7 Å². The first kappa shape index (κ1) is 14.8. The summed E-state index contributed by atoms with van der Waals surface area (Å²) < 4.78 is 5.17. The first-order valence-electron chi connectivity index (χ1n) is 7.06. The van der Waals surface area contributed by atoms with Crippen molar-refractivity contribution in [3.8, 4) is 5.75 Å². The van der Waals surface area contributed by atoms with Crippen LogP contribution in [0.3, 0.4) is 0 Å². The maximum Gasteiger partial charge on any atom is 0.311 e. The van der Waals surface area contributed by atoms with Crippen LogP contribution in [0.4, 0.5) is 0 Å². The SMILES string of the molecule is COc1cccc(C(=O)c2c(C)sc3c2CCC3C(=O)O)c1. The zero-order valence-electron chi connectivity index (χ0n) is 12.4. The van der Waals surface area contributed by atoms with E-state index in [0.717, 1.165) is 15.3 Å². The van der Waals surface area contributed by atoms with E-state index in [1.165, 1.54) is 11.3 Å². The topological polar surface area (TPSA) is 63.6 Å². The van der Waals surface area contributed by atoms with E-state index in [9.17, 15) is 14.7 Å². The van der Waals surface area contributed by atoms with Crippen molar-refractivity contribution in [1.82, 2.24) is 0 Å². The molecule has 0 saturated heterocycles. The van der Waals surface area contributed by atoms with E-state index in [-0.39, 0.29) is 5.78 Å². The molecule has 0 radical (unpaired) electrons. The second-order valence-electron chi connectivity index (χ2n) is 5.37. The van der Waals surface area contributed by atoms with Crippen LogP contribution in [0.1, 0.15) is 43.6 Å². The molecule has 1 aromatic carbocycles. The van der Waals surface area contributed by atoms with E-state index in [2.05, 4.69) is 0 Å². The number of ether oxygens (including phenoxy) is 1. The quantitative estimate of drug-likeness (QED) is 0.878. The summed E-state index contributed by atoms with van der Waals surface area (Å²) in [6, 6.07) is 7.06. The molecule has 1 unspecified atom stereocenters. The second kappa shape index (κ2) is 5.57. The highest BCUT2D eigenvalue weighted by atomic mass is 32.1. The minimum Gasteiger partial charge on any atom is -0.497 e. The predicted octanol–water partition coefficient (Wildman–Crippen LogP) is 3.41. The van der Waals surface area contributed by atoms with Gasteiger partial charge < -0.3 is 9.84 Å². The molecular weight excluding hydrogens is 300 g/mol. The Morgan fingerprint density at radius 3 is 2.82 bits per heavy atom. The molecule has 0 amide bonds. The maximum absolute atomic E-state index is 12.8. The summed E-state index contributed by atoms with van der Waals surface area (Å²) >= 11 is 1.44. The predicted molar refractivity (Wildman–Crippen MR) is 84.2 cm³/mol. The van der Waals surface area contributed by atoms with Crippen molar-refractivity contribution in [2.75, 3.05) is 7.11 Å². The molecule has 114 valence electrons. The first-order chi connectivity index (χ1) is 10.5. The average Bonchev–Trinajstić information content (AvgIpc) is 3.04. The fourth-order valence-corrected chi connectivity index (χ4v) is 4.34. The molecule has 3 rings (SSSR count). The van der Waals surface area contributed by atoms with Gasteiger partial charge in [0.25, 0.3) is 0 Å². The van der Waals surface area contributed by atoms with Crippen LogP contribution < -0.4 is 4.74 Å². The molecule has 0 fully saturated rings. The van der Waals surface area contributed by atoms with E-state index >= 15 is 0 Å². The molecule has 4 nitrogen and oxygen atoms in total. The molecule has 0 spiro atoms. The molecule has 2 aromatic rings. The molecule has 1 N–H and O–H groups in total. The van der Waals surface area contributed by atoms with Crippen molar-refractivity contribution in [2.24, 2.45) is 0 Å². The molecule has 22 heavy (non-hydrogen) atoms. The number of carboxylic acids is 1. The summed E-state index contributed by atoms with van der Waals surface area (Å²) in [5, 5.41) is 9.29. The third-order valence-electron chi connectivity index (χ3n) is 4.07. The Hall–Kier alpha value is -2.14. The summed E-state index contributed by atoms with van der Waals surface area (Å²) in [6.45, 7) is 1.88. The van der Waals surface area contributed by atoms with Crippen molar-refractivity contribution >= 4 is 23.1 Å². The van der Waals surface area contributed by atoms with Gasteiger partial charge in [-0.15, -0.1) is 11.3 Å². The Bertz CT molecular complexity index is 760. The Kier molecular flexibility index (Phi) is 3.74. The van der Waals surface area contributed by atoms with Gasteiger partial charge in [-0.25, -0.2) is 0 Å². The summed E-state index contributed by atoms with van der Waals surface area (Å²) in [5.41, 5.74) is 2.17. The van der Waals surface area contributed by atoms with Crippen LogP contribution in [-0.4, -0.2) is 24.0 Å². The number of hydrogen-bond acceptors (Lipinski definition) is 4. The molecule has 1 atom stereocenters. The minimum absolute atomic E-state index is 0.0556. The van der Waals surface area contributed by atoms with E-state index in [4.69, 9.17) is 4.74 Å². The van der Waals surface area contributed by atoms with Crippen LogP contribution in [0, 0.1) is 6.92 Å². The minimum atomic E-state index is -0.805. The number of hydrogen-bond donors (Lipinski definition) is 1. The van der Waals surface area contributed by atoms with E-state index in [1.807, 2.05) is 6.92 Å². The Balaban J connectivity index is 2.04. The van der Waals surface area contributed by atoms with Gasteiger partial charge in [0.15, 0.2) is 5.78 Å².